The number of aromatic nitrogens is 1. The van der Waals surface area contributed by atoms with Crippen molar-refractivity contribution in [3.05, 3.63) is 45.6 Å². The van der Waals surface area contributed by atoms with E-state index in [1.807, 2.05) is 13.0 Å². The number of nitrogens with zero attached hydrogens (tertiary/aromatic N) is 1. The predicted octanol–water partition coefficient (Wildman–Crippen LogP) is 1.27. The van der Waals surface area contributed by atoms with Crippen LogP contribution in [0.5, 0.6) is 0 Å². The van der Waals surface area contributed by atoms with Gasteiger partial charge in [-0.15, -0.1) is 11.3 Å². The Hall–Kier alpha value is -1.81. The van der Waals surface area contributed by atoms with Crippen LogP contribution in [0.4, 0.5) is 0 Å². The minimum atomic E-state index is -3.92. The van der Waals surface area contributed by atoms with Gasteiger partial charge in [0.05, 0.1) is 17.8 Å². The van der Waals surface area contributed by atoms with E-state index in [9.17, 15) is 18.3 Å². The summed E-state index contributed by atoms with van der Waals surface area (Å²) in [5.41, 5.74) is 2.09. The molecule has 1 aliphatic heterocycles. The molecule has 3 heterocycles. The fraction of sp³-hybridized carbons (Fsp3) is 0.333. The summed E-state index contributed by atoms with van der Waals surface area (Å²) in [7, 11) is -3.92. The van der Waals surface area contributed by atoms with E-state index < -0.39 is 16.0 Å². The van der Waals surface area contributed by atoms with E-state index in [-0.39, 0.29) is 16.3 Å². The first-order valence-corrected chi connectivity index (χ1v) is 9.68. The summed E-state index contributed by atoms with van der Waals surface area (Å²) in [6.07, 6.45) is 2.12. The average Bonchev–Trinajstić information content (AvgIpc) is 2.94. The van der Waals surface area contributed by atoms with Crippen molar-refractivity contribution >= 4 is 27.3 Å². The van der Waals surface area contributed by atoms with Gasteiger partial charge < -0.3 is 10.4 Å². The van der Waals surface area contributed by atoms with Gasteiger partial charge >= 0.3 is 5.97 Å². The fourth-order valence-corrected chi connectivity index (χ4v) is 5.55. The van der Waals surface area contributed by atoms with Gasteiger partial charge in [0.15, 0.2) is 0 Å². The number of fused-ring (bicyclic) bond motifs is 1. The van der Waals surface area contributed by atoms with E-state index in [0.717, 1.165) is 21.8 Å². The first-order chi connectivity index (χ1) is 11.4. The van der Waals surface area contributed by atoms with E-state index in [2.05, 4.69) is 15.0 Å². The first-order valence-electron chi connectivity index (χ1n) is 7.38. The van der Waals surface area contributed by atoms with Crippen LogP contribution in [0.15, 0.2) is 22.5 Å². The normalized spacial score (nSPS) is 14.4. The largest absolute Gasteiger partial charge is 0.478 e. The van der Waals surface area contributed by atoms with Gasteiger partial charge in [-0.2, -0.15) is 0 Å². The molecule has 2 aromatic heterocycles. The summed E-state index contributed by atoms with van der Waals surface area (Å²) in [5, 5.41) is 12.6. The molecule has 0 aliphatic carbocycles. The summed E-state index contributed by atoms with van der Waals surface area (Å²) in [6, 6.07) is 3.60. The number of carbonyl (C=O) groups is 1. The molecule has 7 nitrogen and oxygen atoms in total. The zero-order valence-corrected chi connectivity index (χ0v) is 14.6. The quantitative estimate of drug-likeness (QED) is 0.734. The van der Waals surface area contributed by atoms with E-state index in [1.165, 1.54) is 0 Å². The van der Waals surface area contributed by atoms with E-state index >= 15 is 0 Å². The van der Waals surface area contributed by atoms with Crippen LogP contribution in [0.1, 0.15) is 32.1 Å². The monoisotopic (exact) mass is 367 g/mol. The molecule has 24 heavy (non-hydrogen) atoms. The Morgan fingerprint density at radius 3 is 3.00 bits per heavy atom. The SMILES string of the molecule is Cc1ccnc(CNS(=O)(=O)c2sc3c(c2C(=O)O)CCNC3)c1. The van der Waals surface area contributed by atoms with Gasteiger partial charge in [0.2, 0.25) is 0 Å². The lowest BCUT2D eigenvalue weighted by atomic mass is 10.1. The molecule has 0 spiro atoms. The summed E-state index contributed by atoms with van der Waals surface area (Å²) in [5.74, 6) is -1.21. The second-order valence-electron chi connectivity index (χ2n) is 5.55. The third kappa shape index (κ3) is 3.34. The highest BCUT2D eigenvalue weighted by Crippen LogP contribution is 2.34. The standard InChI is InChI=1S/C15H17N3O4S2/c1-9-2-5-17-10(6-9)7-18-24(21,22)15-13(14(19)20)11-3-4-16-8-12(11)23-15/h2,5-6,16,18H,3-4,7-8H2,1H3,(H,19,20). The Bertz CT molecular complexity index is 890. The Labute approximate surface area is 143 Å². The molecule has 3 N–H and O–H groups in total. The van der Waals surface area contributed by atoms with Crippen molar-refractivity contribution in [2.45, 2.75) is 30.6 Å². The van der Waals surface area contributed by atoms with Crippen LogP contribution in [0.2, 0.25) is 0 Å². The molecular weight excluding hydrogens is 350 g/mol. The number of pyridine rings is 1. The lowest BCUT2D eigenvalue weighted by Gasteiger charge is -2.12. The third-order valence-electron chi connectivity index (χ3n) is 3.77. The maximum atomic E-state index is 12.6. The summed E-state index contributed by atoms with van der Waals surface area (Å²) < 4.78 is 27.6. The molecule has 0 bridgehead atoms. The maximum Gasteiger partial charge on any atom is 0.338 e. The Morgan fingerprint density at radius 2 is 2.29 bits per heavy atom. The number of sulfonamides is 1. The lowest BCUT2D eigenvalue weighted by molar-refractivity contribution is 0.0692. The van der Waals surface area contributed by atoms with E-state index in [0.29, 0.717) is 30.8 Å². The topological polar surface area (TPSA) is 108 Å². The van der Waals surface area contributed by atoms with Gasteiger partial charge in [-0.1, -0.05) is 0 Å². The van der Waals surface area contributed by atoms with Crippen molar-refractivity contribution in [2.24, 2.45) is 0 Å². The molecule has 0 saturated heterocycles. The zero-order valence-electron chi connectivity index (χ0n) is 13.0. The molecule has 0 unspecified atom stereocenters. The van der Waals surface area contributed by atoms with Crippen LogP contribution in [-0.4, -0.2) is 31.0 Å². The Kier molecular flexibility index (Phi) is 4.68. The molecule has 1 aliphatic rings. The second-order valence-corrected chi connectivity index (χ2v) is 8.61. The van der Waals surface area contributed by atoms with Crippen molar-refractivity contribution in [1.82, 2.24) is 15.0 Å². The molecule has 0 amide bonds. The molecule has 9 heteroatoms. The van der Waals surface area contributed by atoms with Gasteiger partial charge in [0, 0.05) is 17.6 Å². The van der Waals surface area contributed by atoms with Crippen LogP contribution < -0.4 is 10.0 Å². The van der Waals surface area contributed by atoms with Crippen LogP contribution in [-0.2, 0) is 29.5 Å². The van der Waals surface area contributed by atoms with Crippen LogP contribution in [0, 0.1) is 6.92 Å². The lowest BCUT2D eigenvalue weighted by Crippen LogP contribution is -2.25. The van der Waals surface area contributed by atoms with Gasteiger partial charge in [0.25, 0.3) is 10.0 Å². The van der Waals surface area contributed by atoms with Crippen LogP contribution in [0.3, 0.4) is 0 Å². The summed E-state index contributed by atoms with van der Waals surface area (Å²) in [4.78, 5) is 16.5. The minimum absolute atomic E-state index is 0.0177. The number of aryl methyl sites for hydroxylation is 1. The van der Waals surface area contributed by atoms with Crippen molar-refractivity contribution in [1.29, 1.82) is 0 Å². The van der Waals surface area contributed by atoms with Crippen molar-refractivity contribution < 1.29 is 18.3 Å². The molecule has 0 fully saturated rings. The highest BCUT2D eigenvalue weighted by molar-refractivity contribution is 7.91. The average molecular weight is 367 g/mol. The maximum absolute atomic E-state index is 12.6. The molecular formula is C15H17N3O4S2. The van der Waals surface area contributed by atoms with Gasteiger partial charge in [-0.05, 0) is 43.1 Å². The number of rotatable bonds is 5. The molecule has 3 rings (SSSR count). The number of carboxylic acids is 1. The predicted molar refractivity (Wildman–Crippen MR) is 89.7 cm³/mol. The summed E-state index contributed by atoms with van der Waals surface area (Å²) in [6.45, 7) is 3.05. The van der Waals surface area contributed by atoms with Gasteiger partial charge in [0.1, 0.15) is 4.21 Å². The molecule has 0 radical (unpaired) electrons. The highest BCUT2D eigenvalue weighted by atomic mass is 32.2. The Balaban J connectivity index is 1.92. The van der Waals surface area contributed by atoms with Gasteiger partial charge in [-0.3, -0.25) is 4.98 Å². The van der Waals surface area contributed by atoms with Gasteiger partial charge in [-0.25, -0.2) is 17.9 Å². The van der Waals surface area contributed by atoms with Crippen molar-refractivity contribution in [2.75, 3.05) is 6.54 Å². The van der Waals surface area contributed by atoms with Crippen LogP contribution in [0.25, 0.3) is 0 Å². The molecule has 128 valence electrons. The molecule has 2 aromatic rings. The second kappa shape index (κ2) is 6.60. The smallest absolute Gasteiger partial charge is 0.338 e. The minimum Gasteiger partial charge on any atom is -0.478 e. The first kappa shape index (κ1) is 17.0. The van der Waals surface area contributed by atoms with Crippen molar-refractivity contribution in [3.63, 3.8) is 0 Å². The van der Waals surface area contributed by atoms with E-state index in [4.69, 9.17) is 0 Å². The molecule has 0 aromatic carbocycles. The number of thiophene rings is 1. The number of hydrogen-bond donors (Lipinski definition) is 3. The number of aromatic carboxylic acids is 1. The van der Waals surface area contributed by atoms with Crippen LogP contribution >= 0.6 is 11.3 Å². The number of carboxylic acid groups (broad SMARTS) is 1. The highest BCUT2D eigenvalue weighted by Gasteiger charge is 2.31. The number of hydrogen-bond acceptors (Lipinski definition) is 6. The Morgan fingerprint density at radius 1 is 1.50 bits per heavy atom. The summed E-state index contributed by atoms with van der Waals surface area (Å²) >= 11 is 1.02. The number of nitrogens with one attached hydrogen (secondary N) is 2. The van der Waals surface area contributed by atoms with E-state index in [1.54, 1.807) is 12.3 Å². The molecule has 0 saturated carbocycles. The fourth-order valence-electron chi connectivity index (χ4n) is 2.65. The zero-order chi connectivity index (χ0) is 17.3. The van der Waals surface area contributed by atoms with Crippen molar-refractivity contribution in [3.8, 4) is 0 Å². The molecule has 0 atom stereocenters. The third-order valence-corrected chi connectivity index (χ3v) is 6.92.